The van der Waals surface area contributed by atoms with Gasteiger partial charge in [-0.15, -0.1) is 0 Å². The summed E-state index contributed by atoms with van der Waals surface area (Å²) in [5.74, 6) is 0.217. The minimum absolute atomic E-state index is 0.0937. The summed E-state index contributed by atoms with van der Waals surface area (Å²) >= 11 is 0. The zero-order valence-corrected chi connectivity index (χ0v) is 19.8. The van der Waals surface area contributed by atoms with Gasteiger partial charge in [-0.3, -0.25) is 14.9 Å². The van der Waals surface area contributed by atoms with Crippen LogP contribution in [0.5, 0.6) is 0 Å². The molecule has 0 radical (unpaired) electrons. The van der Waals surface area contributed by atoms with Crippen molar-refractivity contribution in [1.82, 2.24) is 10.2 Å². The molecule has 8 atom stereocenters. The quantitative estimate of drug-likeness (QED) is 0.529. The normalized spacial score (nSPS) is 44.7. The molecule has 3 aliphatic heterocycles. The van der Waals surface area contributed by atoms with Gasteiger partial charge in [0.15, 0.2) is 0 Å². The third-order valence-corrected chi connectivity index (χ3v) is 9.88. The SMILES string of the molecule is C[C@H](N)C(=O)N1CC[C@@]2(C(=O)O)NCC1C2CCCB1O[C@@H]2C[C@@H]3C[C@@H](C3(C)C)[C@]2(C)O1. The van der Waals surface area contributed by atoms with Crippen LogP contribution in [0.1, 0.15) is 59.8 Å². The average molecular weight is 447 g/mol. The molecule has 2 unspecified atom stereocenters. The van der Waals surface area contributed by atoms with E-state index in [0.29, 0.717) is 30.8 Å². The molecule has 6 fully saturated rings. The molecule has 0 aromatic carbocycles. The van der Waals surface area contributed by atoms with E-state index in [1.807, 2.05) is 4.90 Å². The smallest absolute Gasteiger partial charge is 0.457 e. The van der Waals surface area contributed by atoms with E-state index in [4.69, 9.17) is 15.0 Å². The Kier molecular flexibility index (Phi) is 5.25. The molecule has 4 N–H and O–H groups in total. The second-order valence-electron chi connectivity index (χ2n) is 11.7. The van der Waals surface area contributed by atoms with Gasteiger partial charge in [-0.2, -0.15) is 0 Å². The van der Waals surface area contributed by atoms with Crippen molar-refractivity contribution < 1.29 is 24.0 Å². The monoisotopic (exact) mass is 447 g/mol. The Balaban J connectivity index is 1.23. The van der Waals surface area contributed by atoms with Gasteiger partial charge in [-0.25, -0.2) is 0 Å². The molecular weight excluding hydrogens is 409 g/mol. The van der Waals surface area contributed by atoms with Gasteiger partial charge in [0.1, 0.15) is 5.54 Å². The van der Waals surface area contributed by atoms with Gasteiger partial charge in [-0.05, 0) is 63.1 Å². The zero-order valence-electron chi connectivity index (χ0n) is 19.8. The van der Waals surface area contributed by atoms with Crippen molar-refractivity contribution in [2.24, 2.45) is 28.9 Å². The molecule has 178 valence electrons. The fourth-order valence-electron chi connectivity index (χ4n) is 7.85. The number of amides is 1. The van der Waals surface area contributed by atoms with E-state index in [0.717, 1.165) is 31.5 Å². The van der Waals surface area contributed by atoms with E-state index < -0.39 is 17.6 Å². The number of rotatable bonds is 6. The molecule has 3 saturated carbocycles. The van der Waals surface area contributed by atoms with E-state index in [1.165, 1.54) is 6.42 Å². The van der Waals surface area contributed by atoms with Crippen LogP contribution in [0.3, 0.4) is 0 Å². The number of carboxylic acids is 1. The summed E-state index contributed by atoms with van der Waals surface area (Å²) in [6.07, 6.45) is 5.16. The van der Waals surface area contributed by atoms with E-state index in [1.54, 1.807) is 6.92 Å². The van der Waals surface area contributed by atoms with Crippen molar-refractivity contribution in [1.29, 1.82) is 0 Å². The second kappa shape index (κ2) is 7.42. The number of likely N-dealkylation sites (tertiary alicyclic amines) is 1. The minimum atomic E-state index is -0.956. The van der Waals surface area contributed by atoms with Gasteiger partial charge >= 0.3 is 13.1 Å². The summed E-state index contributed by atoms with van der Waals surface area (Å²) < 4.78 is 12.9. The molecule has 3 heterocycles. The first-order valence-electron chi connectivity index (χ1n) is 12.4. The highest BCUT2D eigenvalue weighted by molar-refractivity contribution is 6.45. The number of piperidine rings is 1. The first kappa shape index (κ1) is 22.6. The van der Waals surface area contributed by atoms with Crippen LogP contribution >= 0.6 is 0 Å². The van der Waals surface area contributed by atoms with Crippen LogP contribution in [-0.2, 0) is 18.9 Å². The largest absolute Gasteiger partial charge is 0.480 e. The van der Waals surface area contributed by atoms with Crippen molar-refractivity contribution in [3.05, 3.63) is 0 Å². The van der Waals surface area contributed by atoms with E-state index in [2.05, 4.69) is 26.1 Å². The first-order chi connectivity index (χ1) is 15.0. The number of aliphatic carboxylic acids is 1. The van der Waals surface area contributed by atoms with Gasteiger partial charge in [0.2, 0.25) is 5.91 Å². The Morgan fingerprint density at radius 2 is 2.06 bits per heavy atom. The fourth-order valence-corrected chi connectivity index (χ4v) is 7.85. The highest BCUT2D eigenvalue weighted by Gasteiger charge is 2.67. The van der Waals surface area contributed by atoms with Crippen molar-refractivity contribution in [2.75, 3.05) is 13.1 Å². The maximum absolute atomic E-state index is 12.6. The van der Waals surface area contributed by atoms with Crippen LogP contribution in [0.4, 0.5) is 0 Å². The van der Waals surface area contributed by atoms with E-state index in [9.17, 15) is 14.7 Å². The summed E-state index contributed by atoms with van der Waals surface area (Å²) in [6, 6.07) is -0.703. The van der Waals surface area contributed by atoms with Crippen molar-refractivity contribution >= 4 is 19.0 Å². The number of nitrogens with zero attached hydrogens (tertiary/aromatic N) is 1. The topological polar surface area (TPSA) is 114 Å². The van der Waals surface area contributed by atoms with Gasteiger partial charge in [0.05, 0.1) is 17.7 Å². The molecule has 0 spiro atoms. The molecule has 1 amide bonds. The molecule has 6 rings (SSSR count). The molecule has 0 aromatic heterocycles. The summed E-state index contributed by atoms with van der Waals surface area (Å²) in [4.78, 5) is 26.7. The maximum atomic E-state index is 12.6. The third-order valence-electron chi connectivity index (χ3n) is 9.88. The summed E-state index contributed by atoms with van der Waals surface area (Å²) in [5.41, 5.74) is 5.01. The summed E-state index contributed by atoms with van der Waals surface area (Å²) in [6.45, 7) is 9.58. The molecule has 3 aliphatic carbocycles. The number of fused-ring (bicyclic) bond motifs is 2. The third kappa shape index (κ3) is 3.03. The molecule has 4 bridgehead atoms. The second-order valence-corrected chi connectivity index (χ2v) is 11.7. The van der Waals surface area contributed by atoms with Crippen LogP contribution in [0.25, 0.3) is 0 Å². The Bertz CT molecular complexity index is 809. The van der Waals surface area contributed by atoms with E-state index in [-0.39, 0.29) is 36.7 Å². The van der Waals surface area contributed by atoms with Crippen LogP contribution < -0.4 is 11.1 Å². The minimum Gasteiger partial charge on any atom is -0.480 e. The Hall–Kier alpha value is -1.16. The lowest BCUT2D eigenvalue weighted by Crippen LogP contribution is -2.65. The number of hydrogen-bond acceptors (Lipinski definition) is 6. The van der Waals surface area contributed by atoms with Gasteiger partial charge < -0.3 is 25.0 Å². The zero-order chi connectivity index (χ0) is 23.1. The van der Waals surface area contributed by atoms with Crippen LogP contribution in [0, 0.1) is 23.2 Å². The Labute approximate surface area is 191 Å². The summed E-state index contributed by atoms with van der Waals surface area (Å²) in [5, 5.41) is 13.3. The van der Waals surface area contributed by atoms with E-state index >= 15 is 0 Å². The molecule has 0 aromatic rings. The molecule has 9 heteroatoms. The van der Waals surface area contributed by atoms with Gasteiger partial charge in [0.25, 0.3) is 0 Å². The van der Waals surface area contributed by atoms with Gasteiger partial charge in [-0.1, -0.05) is 20.3 Å². The van der Waals surface area contributed by atoms with Crippen molar-refractivity contribution in [2.45, 2.75) is 95.4 Å². The number of hydrogen-bond donors (Lipinski definition) is 3. The Morgan fingerprint density at radius 3 is 2.72 bits per heavy atom. The Morgan fingerprint density at radius 1 is 1.31 bits per heavy atom. The number of nitrogens with one attached hydrogen (secondary N) is 1. The number of carbonyl (C=O) groups is 2. The van der Waals surface area contributed by atoms with Crippen molar-refractivity contribution in [3.63, 3.8) is 0 Å². The van der Waals surface area contributed by atoms with Gasteiger partial charge in [0, 0.05) is 25.0 Å². The molecular formula is C23H38BN3O5. The lowest BCUT2D eigenvalue weighted by Gasteiger charge is -2.64. The van der Waals surface area contributed by atoms with Crippen LogP contribution in [-0.4, -0.2) is 71.4 Å². The molecule has 3 saturated heterocycles. The highest BCUT2D eigenvalue weighted by Crippen LogP contribution is 2.65. The predicted octanol–water partition coefficient (Wildman–Crippen LogP) is 1.49. The fraction of sp³-hybridized carbons (Fsp3) is 0.913. The molecule has 6 aliphatic rings. The summed E-state index contributed by atoms with van der Waals surface area (Å²) in [7, 11) is -0.225. The lowest BCUT2D eigenvalue weighted by atomic mass is 9.43. The van der Waals surface area contributed by atoms with Crippen LogP contribution in [0.2, 0.25) is 6.32 Å². The molecule has 8 nitrogen and oxygen atoms in total. The number of carbonyl (C=O) groups excluding carboxylic acids is 1. The van der Waals surface area contributed by atoms with Crippen molar-refractivity contribution in [3.8, 4) is 0 Å². The maximum Gasteiger partial charge on any atom is 0.457 e. The number of nitrogens with two attached hydrogens (primary N) is 1. The standard InChI is InChI=1S/C23H38BN3O5/c1-13(25)19(28)27-9-7-23(20(29)30)15(16(27)12-26-23)6-5-8-24-31-18-11-14-10-17(21(14,2)3)22(18,4)32-24/h13-18,26H,5-12,25H2,1-4H3,(H,29,30)/t13-,14-,15?,16?,17-,18+,22-,23+/m0/s1. The predicted molar refractivity (Wildman–Crippen MR) is 120 cm³/mol. The molecule has 32 heavy (non-hydrogen) atoms. The highest BCUT2D eigenvalue weighted by atomic mass is 16.7. The number of carboxylic acid groups (broad SMARTS) is 1. The lowest BCUT2D eigenvalue weighted by molar-refractivity contribution is -0.199. The average Bonchev–Trinajstić information content (AvgIpc) is 3.18. The first-order valence-corrected chi connectivity index (χ1v) is 12.4. The van der Waals surface area contributed by atoms with Crippen LogP contribution in [0.15, 0.2) is 0 Å².